The molecule has 0 saturated heterocycles. The zero-order valence-corrected chi connectivity index (χ0v) is 26.8. The molecule has 0 fully saturated rings. The van der Waals surface area contributed by atoms with Gasteiger partial charge in [0.15, 0.2) is 0 Å². The molecule has 2 atom stereocenters. The largest absolute Gasteiger partial charge is 0.466 e. The lowest BCUT2D eigenvalue weighted by Gasteiger charge is -2.30. The maximum Gasteiger partial charge on any atom is 0.325 e. The summed E-state index contributed by atoms with van der Waals surface area (Å²) in [6, 6.07) is 20.7. The molecule has 3 aromatic rings. The summed E-state index contributed by atoms with van der Waals surface area (Å²) in [5.74, 6) is 2.47. The highest BCUT2D eigenvalue weighted by molar-refractivity contribution is 6.13. The lowest BCUT2D eigenvalue weighted by atomic mass is 10.00. The molecule has 11 heteroatoms. The number of rotatable bonds is 9. The number of carbonyl (C=O) groups excluding carboxylic acids is 5. The van der Waals surface area contributed by atoms with Gasteiger partial charge in [-0.2, -0.15) is 0 Å². The van der Waals surface area contributed by atoms with E-state index < -0.39 is 41.4 Å². The van der Waals surface area contributed by atoms with Crippen LogP contribution in [0, 0.1) is 11.8 Å². The van der Waals surface area contributed by atoms with Gasteiger partial charge in [0.05, 0.1) is 30.3 Å². The minimum atomic E-state index is -1.08. The molecule has 0 spiro atoms. The molecule has 1 heterocycles. The molecule has 2 unspecified atom stereocenters. The van der Waals surface area contributed by atoms with Crippen molar-refractivity contribution in [3.8, 4) is 11.8 Å². The SMILES string of the molecule is CCOC(=O)CC(c1ccccc1)N1CC(=O)N(c2ccccc2)c2ccc(C#CC(=O)NCC(N)C(=O)OC(C)(C)C)cc2C1=O. The summed E-state index contributed by atoms with van der Waals surface area (Å²) >= 11 is 0. The third-order valence-electron chi connectivity index (χ3n) is 7.04. The molecule has 1 aliphatic rings. The van der Waals surface area contributed by atoms with Gasteiger partial charge in [0.2, 0.25) is 0 Å². The summed E-state index contributed by atoms with van der Waals surface area (Å²) in [6.45, 7) is 6.50. The highest BCUT2D eigenvalue weighted by Crippen LogP contribution is 2.36. The number of nitrogens with zero attached hydrogens (tertiary/aromatic N) is 2. The molecular formula is C36H38N4O7. The third-order valence-corrected chi connectivity index (χ3v) is 7.04. The van der Waals surface area contributed by atoms with Crippen LogP contribution in [0.1, 0.15) is 61.6 Å². The first-order valence-electron chi connectivity index (χ1n) is 15.2. The van der Waals surface area contributed by atoms with E-state index in [1.165, 1.54) is 15.9 Å². The van der Waals surface area contributed by atoms with Crippen molar-refractivity contribution in [3.05, 3.63) is 95.6 Å². The van der Waals surface area contributed by atoms with Gasteiger partial charge in [-0.05, 0) is 63.6 Å². The molecule has 3 aromatic carbocycles. The Labute approximate surface area is 274 Å². The van der Waals surface area contributed by atoms with Crippen LogP contribution in [0.3, 0.4) is 0 Å². The van der Waals surface area contributed by atoms with Gasteiger partial charge in [0, 0.05) is 23.7 Å². The second-order valence-electron chi connectivity index (χ2n) is 11.8. The van der Waals surface area contributed by atoms with E-state index in [0.717, 1.165) is 0 Å². The molecule has 11 nitrogen and oxygen atoms in total. The van der Waals surface area contributed by atoms with E-state index in [1.54, 1.807) is 88.4 Å². The lowest BCUT2D eigenvalue weighted by Crippen LogP contribution is -2.45. The number of anilines is 2. The van der Waals surface area contributed by atoms with Gasteiger partial charge in [-0.25, -0.2) is 0 Å². The smallest absolute Gasteiger partial charge is 0.325 e. The van der Waals surface area contributed by atoms with Crippen LogP contribution in [-0.4, -0.2) is 65.9 Å². The number of fused-ring (bicyclic) bond motifs is 1. The minimum absolute atomic E-state index is 0.156. The topological polar surface area (TPSA) is 148 Å². The Morgan fingerprint density at radius 1 is 0.979 bits per heavy atom. The van der Waals surface area contributed by atoms with Crippen molar-refractivity contribution in [2.24, 2.45) is 5.73 Å². The quantitative estimate of drug-likeness (QED) is 0.267. The lowest BCUT2D eigenvalue weighted by molar-refractivity contribution is -0.156. The Morgan fingerprint density at radius 3 is 2.28 bits per heavy atom. The normalized spacial score (nSPS) is 14.1. The predicted octanol–water partition coefficient (Wildman–Crippen LogP) is 3.64. The first-order valence-corrected chi connectivity index (χ1v) is 15.2. The Kier molecular flexibility index (Phi) is 11.1. The van der Waals surface area contributed by atoms with E-state index in [0.29, 0.717) is 22.5 Å². The van der Waals surface area contributed by atoms with Gasteiger partial charge in [-0.3, -0.25) is 28.9 Å². The van der Waals surface area contributed by atoms with Crippen molar-refractivity contribution in [3.63, 3.8) is 0 Å². The summed E-state index contributed by atoms with van der Waals surface area (Å²) in [5.41, 5.74) is 7.14. The van der Waals surface area contributed by atoms with Crippen LogP contribution in [0.4, 0.5) is 11.4 Å². The van der Waals surface area contributed by atoms with E-state index in [9.17, 15) is 24.0 Å². The van der Waals surface area contributed by atoms with E-state index in [4.69, 9.17) is 15.2 Å². The Bertz CT molecular complexity index is 1690. The monoisotopic (exact) mass is 638 g/mol. The molecule has 4 rings (SSSR count). The number of hydrogen-bond acceptors (Lipinski definition) is 8. The van der Waals surface area contributed by atoms with E-state index in [2.05, 4.69) is 17.2 Å². The molecule has 3 N–H and O–H groups in total. The van der Waals surface area contributed by atoms with Crippen LogP contribution in [-0.2, 0) is 28.7 Å². The average molecular weight is 639 g/mol. The molecular weight excluding hydrogens is 600 g/mol. The fourth-order valence-corrected chi connectivity index (χ4v) is 4.97. The van der Waals surface area contributed by atoms with E-state index in [1.807, 2.05) is 12.1 Å². The number of nitrogens with two attached hydrogens (primary N) is 1. The summed E-state index contributed by atoms with van der Waals surface area (Å²) in [5, 5.41) is 2.49. The standard InChI is InChI=1S/C36H38N4O7/c1-5-46-33(43)21-30(25-12-8-6-9-13-25)39-23-32(42)40(26-14-10-7-11-15-26)29-18-16-24(20-27(29)34(39)44)17-19-31(41)38-22-28(37)35(45)47-36(2,3)4/h6-16,18,20,28,30H,5,21-23,37H2,1-4H3,(H,38,41). The van der Waals surface area contributed by atoms with Crippen molar-refractivity contribution in [2.75, 3.05) is 24.6 Å². The zero-order chi connectivity index (χ0) is 34.1. The van der Waals surface area contributed by atoms with Crippen molar-refractivity contribution in [1.29, 1.82) is 0 Å². The maximum absolute atomic E-state index is 14.4. The molecule has 0 aliphatic carbocycles. The second-order valence-corrected chi connectivity index (χ2v) is 11.8. The molecule has 1 aliphatic heterocycles. The number of ether oxygens (including phenoxy) is 2. The number of amides is 3. The van der Waals surface area contributed by atoms with Crippen LogP contribution >= 0.6 is 0 Å². The number of benzene rings is 3. The van der Waals surface area contributed by atoms with Crippen LogP contribution in [0.5, 0.6) is 0 Å². The van der Waals surface area contributed by atoms with E-state index in [-0.39, 0.29) is 37.6 Å². The molecule has 0 saturated carbocycles. The summed E-state index contributed by atoms with van der Waals surface area (Å²) in [6.07, 6.45) is -0.164. The van der Waals surface area contributed by atoms with Crippen molar-refractivity contribution < 1.29 is 33.4 Å². The predicted molar refractivity (Wildman–Crippen MR) is 175 cm³/mol. The summed E-state index contributed by atoms with van der Waals surface area (Å²) < 4.78 is 10.4. The van der Waals surface area contributed by atoms with Crippen LogP contribution in [0.15, 0.2) is 78.9 Å². The summed E-state index contributed by atoms with van der Waals surface area (Å²) in [4.78, 5) is 68.5. The van der Waals surface area contributed by atoms with Gasteiger partial charge < -0.3 is 25.4 Å². The van der Waals surface area contributed by atoms with Crippen molar-refractivity contribution in [1.82, 2.24) is 10.2 Å². The molecule has 244 valence electrons. The van der Waals surface area contributed by atoms with Crippen LogP contribution in [0.2, 0.25) is 0 Å². The molecule has 47 heavy (non-hydrogen) atoms. The summed E-state index contributed by atoms with van der Waals surface area (Å²) in [7, 11) is 0. The maximum atomic E-state index is 14.4. The third kappa shape index (κ3) is 9.05. The Balaban J connectivity index is 1.69. The van der Waals surface area contributed by atoms with Gasteiger partial charge >= 0.3 is 11.9 Å². The van der Waals surface area contributed by atoms with Crippen molar-refractivity contribution >= 4 is 41.0 Å². The molecule has 0 bridgehead atoms. The number of esters is 2. The van der Waals surface area contributed by atoms with Crippen LogP contribution in [0.25, 0.3) is 0 Å². The highest BCUT2D eigenvalue weighted by Gasteiger charge is 2.37. The second kappa shape index (κ2) is 15.2. The number of carbonyl (C=O) groups is 5. The number of hydrogen-bond donors (Lipinski definition) is 2. The first kappa shape index (κ1) is 34.4. The Hall–Kier alpha value is -5.47. The van der Waals surface area contributed by atoms with Gasteiger partial charge in [-0.1, -0.05) is 54.5 Å². The average Bonchev–Trinajstić information content (AvgIpc) is 3.14. The fourth-order valence-electron chi connectivity index (χ4n) is 4.97. The highest BCUT2D eigenvalue weighted by atomic mass is 16.6. The van der Waals surface area contributed by atoms with Gasteiger partial charge in [0.1, 0.15) is 18.2 Å². The molecule has 0 aromatic heterocycles. The zero-order valence-electron chi connectivity index (χ0n) is 26.8. The number of nitrogens with one attached hydrogen (secondary N) is 1. The molecule has 0 radical (unpaired) electrons. The molecule has 3 amide bonds. The van der Waals surface area contributed by atoms with E-state index >= 15 is 0 Å². The fraction of sp³-hybridized carbons (Fsp3) is 0.306. The van der Waals surface area contributed by atoms with Crippen molar-refractivity contribution in [2.45, 2.75) is 51.8 Å². The van der Waals surface area contributed by atoms with Crippen LogP contribution < -0.4 is 16.0 Å². The van der Waals surface area contributed by atoms with Gasteiger partial charge in [0.25, 0.3) is 17.7 Å². The number of para-hydroxylation sites is 1. The Morgan fingerprint density at radius 2 is 1.64 bits per heavy atom. The minimum Gasteiger partial charge on any atom is -0.466 e. The first-order chi connectivity index (χ1) is 22.4. The van der Waals surface area contributed by atoms with Gasteiger partial charge in [-0.15, -0.1) is 0 Å².